The van der Waals surface area contributed by atoms with E-state index >= 15 is 0 Å². The molecule has 0 spiro atoms. The second-order valence-electron chi connectivity index (χ2n) is 8.12. The van der Waals surface area contributed by atoms with Crippen molar-refractivity contribution in [1.82, 2.24) is 0 Å². The molecule has 0 saturated heterocycles. The van der Waals surface area contributed by atoms with E-state index in [-0.39, 0.29) is 19.1 Å². The molecule has 0 aromatic heterocycles. The van der Waals surface area contributed by atoms with Gasteiger partial charge in [0.05, 0.1) is 5.60 Å². The minimum absolute atomic E-state index is 0.237. The highest BCUT2D eigenvalue weighted by atomic mass is 16.3. The summed E-state index contributed by atoms with van der Waals surface area (Å²) in [7, 11) is 0. The highest BCUT2D eigenvalue weighted by Crippen LogP contribution is 2.31. The first kappa shape index (κ1) is 20.7. The maximum atomic E-state index is 10.4. The first-order valence-corrected chi connectivity index (χ1v) is 9.46. The van der Waals surface area contributed by atoms with Crippen LogP contribution in [0.2, 0.25) is 0 Å². The molecule has 1 rings (SSSR count). The molecule has 0 aromatic rings. The van der Waals surface area contributed by atoms with Gasteiger partial charge in [-0.1, -0.05) is 18.1 Å². The second kappa shape index (κ2) is 10.5. The maximum absolute atomic E-state index is 10.4. The summed E-state index contributed by atoms with van der Waals surface area (Å²) in [6, 6.07) is 0. The Balaban J connectivity index is 2.74. The molecule has 0 aliphatic heterocycles. The van der Waals surface area contributed by atoms with Crippen molar-refractivity contribution in [3.8, 4) is 0 Å². The Morgan fingerprint density at radius 2 is 1.57 bits per heavy atom. The average molecular weight is 327 g/mol. The topological polar surface area (TPSA) is 60.7 Å². The van der Waals surface area contributed by atoms with Crippen molar-refractivity contribution < 1.29 is 15.3 Å². The normalized spacial score (nSPS) is 31.9. The third kappa shape index (κ3) is 8.32. The number of aliphatic hydroxyl groups is 3. The first-order valence-electron chi connectivity index (χ1n) is 9.46. The van der Waals surface area contributed by atoms with Crippen molar-refractivity contribution in [1.29, 1.82) is 0 Å². The Morgan fingerprint density at radius 3 is 2.13 bits per heavy atom. The molecule has 0 bridgehead atoms. The molecule has 3 atom stereocenters. The minimum Gasteiger partial charge on any atom is -0.396 e. The number of aliphatic hydroxyl groups excluding tert-OH is 2. The molecule has 0 amide bonds. The van der Waals surface area contributed by atoms with Crippen LogP contribution in [0, 0.1) is 17.8 Å². The summed E-state index contributed by atoms with van der Waals surface area (Å²) in [4.78, 5) is 0. The SMILES string of the molecule is C/C1=C/CC[C@@H](CO)CCC[C@@H](CO)CC[C@@H](C(C)(C)O)CC1. The molecular formula is C20H38O3. The van der Waals surface area contributed by atoms with Crippen molar-refractivity contribution in [3.63, 3.8) is 0 Å². The van der Waals surface area contributed by atoms with Gasteiger partial charge in [-0.2, -0.15) is 0 Å². The van der Waals surface area contributed by atoms with E-state index in [9.17, 15) is 15.3 Å². The van der Waals surface area contributed by atoms with Crippen LogP contribution in [0.3, 0.4) is 0 Å². The van der Waals surface area contributed by atoms with Crippen LogP contribution < -0.4 is 0 Å². The number of hydrogen-bond acceptors (Lipinski definition) is 3. The number of rotatable bonds is 3. The van der Waals surface area contributed by atoms with Crippen LogP contribution >= 0.6 is 0 Å². The Hall–Kier alpha value is -0.380. The van der Waals surface area contributed by atoms with Crippen LogP contribution in [0.1, 0.15) is 78.6 Å². The van der Waals surface area contributed by atoms with Gasteiger partial charge in [-0.15, -0.1) is 0 Å². The molecule has 3 N–H and O–H groups in total. The van der Waals surface area contributed by atoms with E-state index in [0.717, 1.165) is 57.8 Å². The molecule has 0 fully saturated rings. The first-order chi connectivity index (χ1) is 10.9. The monoisotopic (exact) mass is 326 g/mol. The summed E-state index contributed by atoms with van der Waals surface area (Å²) in [5.74, 6) is 1.01. The highest BCUT2D eigenvalue weighted by molar-refractivity contribution is 4.99. The molecule has 3 nitrogen and oxygen atoms in total. The lowest BCUT2D eigenvalue weighted by Crippen LogP contribution is -2.31. The van der Waals surface area contributed by atoms with Crippen LogP contribution in [0.25, 0.3) is 0 Å². The van der Waals surface area contributed by atoms with E-state index in [2.05, 4.69) is 13.0 Å². The maximum Gasteiger partial charge on any atom is 0.0619 e. The van der Waals surface area contributed by atoms with Gasteiger partial charge in [-0.05, 0) is 89.9 Å². The lowest BCUT2D eigenvalue weighted by atomic mass is 9.80. The van der Waals surface area contributed by atoms with Crippen molar-refractivity contribution in [3.05, 3.63) is 11.6 Å². The van der Waals surface area contributed by atoms with Crippen LogP contribution in [0.4, 0.5) is 0 Å². The molecule has 23 heavy (non-hydrogen) atoms. The van der Waals surface area contributed by atoms with Gasteiger partial charge in [-0.25, -0.2) is 0 Å². The van der Waals surface area contributed by atoms with Gasteiger partial charge in [-0.3, -0.25) is 0 Å². The summed E-state index contributed by atoms with van der Waals surface area (Å²) in [6.07, 6.45) is 11.5. The molecule has 136 valence electrons. The zero-order valence-electron chi connectivity index (χ0n) is 15.4. The van der Waals surface area contributed by atoms with E-state index < -0.39 is 5.60 Å². The Kier molecular flexibility index (Phi) is 9.41. The lowest BCUT2D eigenvalue weighted by molar-refractivity contribution is 0.00535. The van der Waals surface area contributed by atoms with Gasteiger partial charge in [0.1, 0.15) is 0 Å². The Morgan fingerprint density at radius 1 is 0.957 bits per heavy atom. The van der Waals surface area contributed by atoms with Gasteiger partial charge in [0.15, 0.2) is 0 Å². The molecule has 0 saturated carbocycles. The second-order valence-corrected chi connectivity index (χ2v) is 8.12. The highest BCUT2D eigenvalue weighted by Gasteiger charge is 2.27. The predicted molar refractivity (Wildman–Crippen MR) is 96.2 cm³/mol. The van der Waals surface area contributed by atoms with Crippen LogP contribution in [-0.4, -0.2) is 34.1 Å². The molecule has 3 heteroatoms. The Labute approximate surface area is 142 Å². The molecule has 0 heterocycles. The molecular weight excluding hydrogens is 288 g/mol. The summed E-state index contributed by atoms with van der Waals surface area (Å²) < 4.78 is 0. The van der Waals surface area contributed by atoms with E-state index in [1.54, 1.807) is 0 Å². The van der Waals surface area contributed by atoms with Crippen molar-refractivity contribution in [2.45, 2.75) is 84.2 Å². The van der Waals surface area contributed by atoms with Gasteiger partial charge in [0, 0.05) is 13.2 Å². The molecule has 1 aliphatic rings. The fourth-order valence-electron chi connectivity index (χ4n) is 3.71. The zero-order chi connectivity index (χ0) is 17.3. The summed E-state index contributed by atoms with van der Waals surface area (Å²) in [5, 5.41) is 29.6. The van der Waals surface area contributed by atoms with Gasteiger partial charge in [0.2, 0.25) is 0 Å². The number of allylic oxidation sites excluding steroid dienone is 2. The van der Waals surface area contributed by atoms with E-state index in [4.69, 9.17) is 0 Å². The number of hydrogen-bond donors (Lipinski definition) is 3. The third-order valence-corrected chi connectivity index (χ3v) is 5.62. The van der Waals surface area contributed by atoms with Crippen LogP contribution in [-0.2, 0) is 0 Å². The largest absolute Gasteiger partial charge is 0.396 e. The van der Waals surface area contributed by atoms with E-state index in [0.29, 0.717) is 11.8 Å². The summed E-state index contributed by atoms with van der Waals surface area (Å²) in [6.45, 7) is 6.52. The molecule has 0 radical (unpaired) electrons. The van der Waals surface area contributed by atoms with Gasteiger partial charge < -0.3 is 15.3 Å². The fourth-order valence-corrected chi connectivity index (χ4v) is 3.71. The van der Waals surface area contributed by atoms with E-state index in [1.165, 1.54) is 5.57 Å². The van der Waals surface area contributed by atoms with Crippen molar-refractivity contribution in [2.24, 2.45) is 17.8 Å². The van der Waals surface area contributed by atoms with Crippen molar-refractivity contribution in [2.75, 3.05) is 13.2 Å². The minimum atomic E-state index is -0.653. The van der Waals surface area contributed by atoms with Gasteiger partial charge in [0.25, 0.3) is 0 Å². The summed E-state index contributed by atoms with van der Waals surface area (Å²) in [5.41, 5.74) is 0.742. The molecule has 0 aromatic carbocycles. The molecule has 1 aliphatic carbocycles. The van der Waals surface area contributed by atoms with Gasteiger partial charge >= 0.3 is 0 Å². The average Bonchev–Trinajstić information content (AvgIpc) is 2.49. The smallest absolute Gasteiger partial charge is 0.0619 e. The van der Waals surface area contributed by atoms with E-state index in [1.807, 2.05) is 13.8 Å². The molecule has 0 unspecified atom stereocenters. The lowest BCUT2D eigenvalue weighted by Gasteiger charge is -2.31. The summed E-state index contributed by atoms with van der Waals surface area (Å²) >= 11 is 0. The van der Waals surface area contributed by atoms with Crippen molar-refractivity contribution >= 4 is 0 Å². The zero-order valence-corrected chi connectivity index (χ0v) is 15.4. The van der Waals surface area contributed by atoms with Crippen LogP contribution in [0.15, 0.2) is 11.6 Å². The third-order valence-electron chi connectivity index (χ3n) is 5.62. The Bertz CT molecular complexity index is 343. The van der Waals surface area contributed by atoms with Crippen LogP contribution in [0.5, 0.6) is 0 Å². The fraction of sp³-hybridized carbons (Fsp3) is 0.900. The quantitative estimate of drug-likeness (QED) is 0.685. The predicted octanol–water partition coefficient (Wildman–Crippen LogP) is 4.06. The standard InChI is InChI=1S/C20H38O3/c1-16-6-4-7-17(14-21)8-5-9-18(15-22)11-13-19(12-10-16)20(2,3)23/h6,17-19,21-23H,4-5,7-15H2,1-3H3/b16-6-/t17-,18-,19+/m1/s1.